The first-order valence-electron chi connectivity index (χ1n) is 7.12. The fourth-order valence-corrected chi connectivity index (χ4v) is 2.38. The molecule has 1 nitrogen and oxygen atoms in total. The van der Waals surface area contributed by atoms with Crippen molar-refractivity contribution in [3.8, 4) is 11.3 Å². The Morgan fingerprint density at radius 1 is 1.00 bits per heavy atom. The highest BCUT2D eigenvalue weighted by molar-refractivity contribution is 6.30. The molecule has 1 heterocycles. The molecule has 0 amide bonds. The number of aryl methyl sites for hydroxylation is 2. The van der Waals surface area contributed by atoms with Gasteiger partial charge in [0.2, 0.25) is 0 Å². The van der Waals surface area contributed by atoms with E-state index in [0.717, 1.165) is 41.4 Å². The van der Waals surface area contributed by atoms with Gasteiger partial charge in [0, 0.05) is 17.0 Å². The molecule has 0 N–H and O–H groups in total. The molecule has 0 aliphatic heterocycles. The van der Waals surface area contributed by atoms with Crippen LogP contribution in [-0.2, 0) is 12.8 Å². The molecule has 0 saturated carbocycles. The van der Waals surface area contributed by atoms with Crippen molar-refractivity contribution in [3.05, 3.63) is 46.7 Å². The van der Waals surface area contributed by atoms with E-state index in [4.69, 9.17) is 16.0 Å². The van der Waals surface area contributed by atoms with E-state index in [9.17, 15) is 0 Å². The lowest BCUT2D eigenvalue weighted by molar-refractivity contribution is 0.517. The fourth-order valence-electron chi connectivity index (χ4n) is 2.25. The van der Waals surface area contributed by atoms with Gasteiger partial charge in [-0.2, -0.15) is 0 Å². The molecule has 0 aliphatic rings. The average Bonchev–Trinajstić information content (AvgIpc) is 2.81. The van der Waals surface area contributed by atoms with E-state index in [0.29, 0.717) is 0 Å². The van der Waals surface area contributed by atoms with Crippen molar-refractivity contribution in [3.63, 3.8) is 0 Å². The van der Waals surface area contributed by atoms with Gasteiger partial charge >= 0.3 is 0 Å². The summed E-state index contributed by atoms with van der Waals surface area (Å²) in [6.07, 6.45) is 5.61. The van der Waals surface area contributed by atoms with Gasteiger partial charge in [0.15, 0.2) is 0 Å². The van der Waals surface area contributed by atoms with Gasteiger partial charge < -0.3 is 4.42 Å². The minimum absolute atomic E-state index is 0.763. The van der Waals surface area contributed by atoms with E-state index >= 15 is 0 Å². The Labute approximate surface area is 120 Å². The molecule has 102 valence electrons. The van der Waals surface area contributed by atoms with Gasteiger partial charge in [-0.1, -0.05) is 31.9 Å². The zero-order valence-corrected chi connectivity index (χ0v) is 12.5. The molecule has 1 aromatic carbocycles. The van der Waals surface area contributed by atoms with Crippen LogP contribution >= 0.6 is 11.6 Å². The highest BCUT2D eigenvalue weighted by atomic mass is 35.5. The first kappa shape index (κ1) is 14.2. The van der Waals surface area contributed by atoms with Crippen LogP contribution in [0, 0.1) is 0 Å². The first-order valence-corrected chi connectivity index (χ1v) is 7.50. The highest BCUT2D eigenvalue weighted by Gasteiger charge is 2.12. The maximum atomic E-state index is 6.04. The molecule has 0 atom stereocenters. The topological polar surface area (TPSA) is 13.1 Å². The minimum atomic E-state index is 0.763. The molecule has 1 aromatic heterocycles. The monoisotopic (exact) mass is 276 g/mol. The van der Waals surface area contributed by atoms with Crippen molar-refractivity contribution >= 4 is 11.6 Å². The van der Waals surface area contributed by atoms with Crippen LogP contribution in [0.15, 0.2) is 34.7 Å². The molecular formula is C17H21ClO. The molecule has 0 spiro atoms. The Balaban J connectivity index is 2.32. The molecule has 0 unspecified atom stereocenters. The summed E-state index contributed by atoms with van der Waals surface area (Å²) in [6.45, 7) is 4.39. The summed E-state index contributed by atoms with van der Waals surface area (Å²) in [5.74, 6) is 2.12. The molecule has 2 aromatic rings. The quantitative estimate of drug-likeness (QED) is 0.641. The highest BCUT2D eigenvalue weighted by Crippen LogP contribution is 2.30. The van der Waals surface area contributed by atoms with Gasteiger partial charge in [-0.3, -0.25) is 0 Å². The van der Waals surface area contributed by atoms with Crippen molar-refractivity contribution in [2.24, 2.45) is 0 Å². The van der Waals surface area contributed by atoms with E-state index in [1.165, 1.54) is 18.4 Å². The Morgan fingerprint density at radius 3 is 2.37 bits per heavy atom. The zero-order chi connectivity index (χ0) is 13.7. The van der Waals surface area contributed by atoms with Crippen LogP contribution in [0.2, 0.25) is 5.02 Å². The number of hydrogen-bond donors (Lipinski definition) is 0. The van der Waals surface area contributed by atoms with Crippen molar-refractivity contribution < 1.29 is 4.42 Å². The Bertz CT molecular complexity index is 511. The molecule has 0 saturated heterocycles. The van der Waals surface area contributed by atoms with Gasteiger partial charge in [-0.25, -0.2) is 0 Å². The molecule has 0 radical (unpaired) electrons. The average molecular weight is 277 g/mol. The Kier molecular flexibility index (Phi) is 5.09. The van der Waals surface area contributed by atoms with Gasteiger partial charge in [0.25, 0.3) is 0 Å². The molecule has 0 bridgehead atoms. The molecular weight excluding hydrogens is 256 g/mol. The smallest absolute Gasteiger partial charge is 0.137 e. The van der Waals surface area contributed by atoms with E-state index in [1.54, 1.807) is 0 Å². The molecule has 2 heteroatoms. The summed E-state index contributed by atoms with van der Waals surface area (Å²) >= 11 is 5.95. The van der Waals surface area contributed by atoms with Crippen LogP contribution in [0.4, 0.5) is 0 Å². The normalized spacial score (nSPS) is 10.9. The second-order valence-corrected chi connectivity index (χ2v) is 5.36. The first-order chi connectivity index (χ1) is 9.24. The van der Waals surface area contributed by atoms with Gasteiger partial charge in [0.1, 0.15) is 11.5 Å². The summed E-state index contributed by atoms with van der Waals surface area (Å²) in [5.41, 5.74) is 2.45. The summed E-state index contributed by atoms with van der Waals surface area (Å²) < 4.78 is 6.04. The van der Waals surface area contributed by atoms with Crippen LogP contribution in [0.3, 0.4) is 0 Å². The lowest BCUT2D eigenvalue weighted by Gasteiger charge is -2.02. The minimum Gasteiger partial charge on any atom is -0.461 e. The number of hydrogen-bond acceptors (Lipinski definition) is 1. The third-order valence-corrected chi connectivity index (χ3v) is 3.51. The second-order valence-electron chi connectivity index (χ2n) is 4.93. The van der Waals surface area contributed by atoms with Crippen molar-refractivity contribution in [1.29, 1.82) is 0 Å². The lowest BCUT2D eigenvalue weighted by Crippen LogP contribution is -1.85. The molecule has 0 aliphatic carbocycles. The zero-order valence-electron chi connectivity index (χ0n) is 11.7. The maximum absolute atomic E-state index is 6.04. The molecule has 0 fully saturated rings. The largest absolute Gasteiger partial charge is 0.461 e. The van der Waals surface area contributed by atoms with Crippen LogP contribution in [0.1, 0.15) is 44.4 Å². The van der Waals surface area contributed by atoms with Crippen LogP contribution < -0.4 is 0 Å². The predicted octanol–water partition coefficient (Wildman–Crippen LogP) is 5.90. The number of halogens is 1. The predicted molar refractivity (Wildman–Crippen MR) is 81.8 cm³/mol. The number of unbranched alkanes of at least 4 members (excludes halogenated alkanes) is 1. The van der Waals surface area contributed by atoms with E-state index < -0.39 is 0 Å². The van der Waals surface area contributed by atoms with Gasteiger partial charge in [0.05, 0.1) is 0 Å². The van der Waals surface area contributed by atoms with Gasteiger partial charge in [-0.05, 0) is 55.2 Å². The van der Waals surface area contributed by atoms with Crippen LogP contribution in [0.25, 0.3) is 11.3 Å². The maximum Gasteiger partial charge on any atom is 0.137 e. The summed E-state index contributed by atoms with van der Waals surface area (Å²) in [6, 6.07) is 10.1. The second kappa shape index (κ2) is 6.81. The van der Waals surface area contributed by atoms with Crippen LogP contribution in [0.5, 0.6) is 0 Å². The van der Waals surface area contributed by atoms with Crippen molar-refractivity contribution in [1.82, 2.24) is 0 Å². The van der Waals surface area contributed by atoms with E-state index in [-0.39, 0.29) is 0 Å². The SMILES string of the molecule is CCCCc1cc(CCC)oc1-c1ccc(Cl)cc1. The van der Waals surface area contributed by atoms with Crippen molar-refractivity contribution in [2.75, 3.05) is 0 Å². The Hall–Kier alpha value is -1.21. The van der Waals surface area contributed by atoms with E-state index in [1.807, 2.05) is 24.3 Å². The number of furan rings is 1. The van der Waals surface area contributed by atoms with Gasteiger partial charge in [-0.15, -0.1) is 0 Å². The number of benzene rings is 1. The van der Waals surface area contributed by atoms with E-state index in [2.05, 4.69) is 19.9 Å². The van der Waals surface area contributed by atoms with Crippen molar-refractivity contribution in [2.45, 2.75) is 46.0 Å². The molecule has 19 heavy (non-hydrogen) atoms. The lowest BCUT2D eigenvalue weighted by atomic mass is 10.0. The summed E-state index contributed by atoms with van der Waals surface area (Å²) in [5, 5.41) is 0.763. The summed E-state index contributed by atoms with van der Waals surface area (Å²) in [7, 11) is 0. The molecule has 2 rings (SSSR count). The standard InChI is InChI=1S/C17H21ClO/c1-3-5-7-14-12-16(6-4-2)19-17(14)13-8-10-15(18)11-9-13/h8-12H,3-7H2,1-2H3. The van der Waals surface area contributed by atoms with Crippen LogP contribution in [-0.4, -0.2) is 0 Å². The Morgan fingerprint density at radius 2 is 1.74 bits per heavy atom. The fraction of sp³-hybridized carbons (Fsp3) is 0.412. The third-order valence-electron chi connectivity index (χ3n) is 3.26. The number of rotatable bonds is 6. The summed E-state index contributed by atoms with van der Waals surface area (Å²) in [4.78, 5) is 0. The third kappa shape index (κ3) is 3.63.